The van der Waals surface area contributed by atoms with E-state index in [0.717, 1.165) is 56.4 Å². The average Bonchev–Trinajstić information content (AvgIpc) is 3.37. The van der Waals surface area contributed by atoms with Crippen molar-refractivity contribution in [3.63, 3.8) is 0 Å². The maximum absolute atomic E-state index is 12.8. The van der Waals surface area contributed by atoms with Gasteiger partial charge in [0.15, 0.2) is 5.78 Å². The molecule has 0 saturated carbocycles. The summed E-state index contributed by atoms with van der Waals surface area (Å²) in [6, 6.07) is 7.56. The van der Waals surface area contributed by atoms with Crippen LogP contribution in [0.1, 0.15) is 70.3 Å². The Hall–Kier alpha value is -0.916. The Morgan fingerprint density at radius 3 is 2.74 bits per heavy atom. The molecule has 1 radical (unpaired) electrons. The standard InChI is InChI=1S/C27H38N3O3S.Lu/c1-3-5-10-23(27(33)29-21-14-12-19(8-4-2)13-15-21)28-17-22(31)9-6-7-11-24-26-20(18-34-24)16-25(32)30-26;/h12-15,17,20,23-24,26H,2-11,16,18H2,1H3,(H,29,33)(H,30,32);/q-1;. The van der Waals surface area contributed by atoms with Crippen LogP contribution in [0.25, 0.3) is 0 Å². The maximum Gasteiger partial charge on any atom is 0.249 e. The Morgan fingerprint density at radius 1 is 1.26 bits per heavy atom. The summed E-state index contributed by atoms with van der Waals surface area (Å²) in [6.07, 6.45) is 9.47. The molecule has 201 valence electrons. The molecule has 4 atom stereocenters. The Kier molecular flexibility index (Phi) is 13.9. The molecule has 6 nitrogen and oxygen atoms in total. The SMILES string of the molecule is [CH2-]CCc1ccc(NC(=O)C(CCCC)N=CC(=O)CCCCC2SCC3CC(=O)NC32)cc1.[Lu]. The second kappa shape index (κ2) is 16.0. The number of hydrogen-bond acceptors (Lipinski definition) is 5. The predicted molar refractivity (Wildman–Crippen MR) is 140 cm³/mol. The molecule has 1 aromatic carbocycles. The van der Waals surface area contributed by atoms with E-state index in [1.807, 2.05) is 36.0 Å². The molecule has 4 unspecified atom stereocenters. The summed E-state index contributed by atoms with van der Waals surface area (Å²) in [5, 5.41) is 6.52. The van der Waals surface area contributed by atoms with Gasteiger partial charge in [-0.1, -0.05) is 50.3 Å². The van der Waals surface area contributed by atoms with E-state index in [9.17, 15) is 14.4 Å². The Labute approximate surface area is 243 Å². The van der Waals surface area contributed by atoms with Crippen LogP contribution in [0.5, 0.6) is 0 Å². The van der Waals surface area contributed by atoms with Gasteiger partial charge in [0.05, 0.1) is 6.21 Å². The van der Waals surface area contributed by atoms with Gasteiger partial charge in [-0.2, -0.15) is 18.2 Å². The number of aryl methyl sites for hydroxylation is 1. The van der Waals surface area contributed by atoms with Gasteiger partial charge in [-0.15, -0.1) is 0 Å². The monoisotopic (exact) mass is 659 g/mol. The molecule has 2 fully saturated rings. The molecule has 35 heavy (non-hydrogen) atoms. The van der Waals surface area contributed by atoms with Crippen LogP contribution in [0, 0.1) is 49.7 Å². The molecular formula is C27H38LuN3O3S-. The third-order valence-corrected chi connectivity index (χ3v) is 8.17. The van der Waals surface area contributed by atoms with Crippen molar-refractivity contribution in [1.82, 2.24) is 5.32 Å². The third-order valence-electron chi connectivity index (χ3n) is 6.59. The van der Waals surface area contributed by atoms with Crippen LogP contribution >= 0.6 is 11.8 Å². The van der Waals surface area contributed by atoms with E-state index in [2.05, 4.69) is 29.5 Å². The molecule has 0 aromatic heterocycles. The van der Waals surface area contributed by atoms with Crippen molar-refractivity contribution >= 4 is 41.3 Å². The number of rotatable bonds is 14. The number of amides is 2. The van der Waals surface area contributed by atoms with Gasteiger partial charge < -0.3 is 17.6 Å². The van der Waals surface area contributed by atoms with Gasteiger partial charge in [-0.05, 0) is 43.1 Å². The molecule has 2 saturated heterocycles. The zero-order valence-corrected chi connectivity index (χ0v) is 23.0. The number of carbonyl (C=O) groups is 3. The summed E-state index contributed by atoms with van der Waals surface area (Å²) in [5.74, 6) is 1.52. The summed E-state index contributed by atoms with van der Waals surface area (Å²) in [6.45, 7) is 5.94. The topological polar surface area (TPSA) is 87.6 Å². The number of thioether (sulfide) groups is 1. The molecule has 1 aromatic rings. The first kappa shape index (κ1) is 30.3. The Balaban J connectivity index is 0.00000432. The summed E-state index contributed by atoms with van der Waals surface area (Å²) >= 11 is 1.95. The predicted octanol–water partition coefficient (Wildman–Crippen LogP) is 4.77. The van der Waals surface area contributed by atoms with E-state index in [4.69, 9.17) is 0 Å². The number of carbonyl (C=O) groups excluding carboxylic acids is 3. The van der Waals surface area contributed by atoms with Crippen LogP contribution in [0.4, 0.5) is 5.69 Å². The van der Waals surface area contributed by atoms with E-state index >= 15 is 0 Å². The first-order chi connectivity index (χ1) is 16.5. The van der Waals surface area contributed by atoms with Crippen LogP contribution < -0.4 is 10.6 Å². The first-order valence-corrected chi connectivity index (χ1v) is 13.7. The number of aliphatic imine (C=N–C) groups is 1. The minimum Gasteiger partial charge on any atom is -0.352 e. The van der Waals surface area contributed by atoms with Crippen LogP contribution in [0.15, 0.2) is 29.3 Å². The molecule has 3 rings (SSSR count). The van der Waals surface area contributed by atoms with Gasteiger partial charge in [0, 0.05) is 66.7 Å². The fourth-order valence-corrected chi connectivity index (χ4v) is 6.29. The minimum absolute atomic E-state index is 0. The van der Waals surface area contributed by atoms with Gasteiger partial charge in [-0.25, -0.2) is 0 Å². The molecule has 2 aliphatic heterocycles. The maximum atomic E-state index is 12.8. The van der Waals surface area contributed by atoms with Crippen molar-refractivity contribution in [3.8, 4) is 0 Å². The van der Waals surface area contributed by atoms with Crippen molar-refractivity contribution in [2.24, 2.45) is 10.9 Å². The minimum atomic E-state index is -0.554. The molecular weight excluding hydrogens is 621 g/mol. The van der Waals surface area contributed by atoms with Crippen LogP contribution in [0.3, 0.4) is 0 Å². The normalized spacial score (nSPS) is 21.9. The van der Waals surface area contributed by atoms with Crippen molar-refractivity contribution in [1.29, 1.82) is 0 Å². The molecule has 2 aliphatic rings. The molecule has 8 heteroatoms. The quantitative estimate of drug-likeness (QED) is 0.171. The van der Waals surface area contributed by atoms with Gasteiger partial charge in [0.1, 0.15) is 6.04 Å². The number of unbranched alkanes of at least 4 members (excludes halogenated alkanes) is 2. The number of fused-ring (bicyclic) bond motifs is 1. The number of anilines is 1. The van der Waals surface area contributed by atoms with E-state index in [0.29, 0.717) is 36.5 Å². The van der Waals surface area contributed by atoms with Crippen molar-refractivity contribution < 1.29 is 51.3 Å². The number of ketones is 1. The summed E-state index contributed by atoms with van der Waals surface area (Å²) in [4.78, 5) is 41.1. The van der Waals surface area contributed by atoms with E-state index < -0.39 is 6.04 Å². The second-order valence-corrected chi connectivity index (χ2v) is 10.6. The number of nitrogens with one attached hydrogen (secondary N) is 2. The van der Waals surface area contributed by atoms with Gasteiger partial charge in [0.25, 0.3) is 0 Å². The fourth-order valence-electron chi connectivity index (χ4n) is 4.64. The largest absolute Gasteiger partial charge is 0.352 e. The van der Waals surface area contributed by atoms with E-state index in [1.165, 1.54) is 11.8 Å². The zero-order chi connectivity index (χ0) is 24.3. The molecule has 2 N–H and O–H groups in total. The summed E-state index contributed by atoms with van der Waals surface area (Å²) in [7, 11) is 0. The second-order valence-electron chi connectivity index (χ2n) is 9.37. The molecule has 0 bridgehead atoms. The average molecular weight is 660 g/mol. The summed E-state index contributed by atoms with van der Waals surface area (Å²) in [5.41, 5.74) is 1.93. The van der Waals surface area contributed by atoms with E-state index in [-0.39, 0.29) is 54.5 Å². The van der Waals surface area contributed by atoms with E-state index in [1.54, 1.807) is 0 Å². The van der Waals surface area contributed by atoms with Crippen LogP contribution in [0.2, 0.25) is 0 Å². The molecule has 2 amide bonds. The molecule has 2 heterocycles. The van der Waals surface area contributed by atoms with Crippen LogP contribution in [-0.2, 0) is 20.8 Å². The molecule has 0 spiro atoms. The zero-order valence-electron chi connectivity index (χ0n) is 20.5. The number of nitrogens with zero attached hydrogens (tertiary/aromatic N) is 1. The number of Topliss-reactive ketones (excluding diaryl/α,β-unsaturated/α-hetero) is 1. The molecule has 0 aliphatic carbocycles. The van der Waals surface area contributed by atoms with Crippen LogP contribution in [-0.4, -0.2) is 46.9 Å². The fraction of sp³-hybridized carbons (Fsp3) is 0.593. The smallest absolute Gasteiger partial charge is 0.249 e. The first-order valence-electron chi connectivity index (χ1n) is 12.7. The summed E-state index contributed by atoms with van der Waals surface area (Å²) < 4.78 is 0. The van der Waals surface area contributed by atoms with Crippen molar-refractivity contribution in [3.05, 3.63) is 36.8 Å². The number of benzene rings is 1. The Morgan fingerprint density at radius 2 is 2.03 bits per heavy atom. The van der Waals surface area contributed by atoms with Gasteiger partial charge >= 0.3 is 0 Å². The van der Waals surface area contributed by atoms with Gasteiger partial charge in [0.2, 0.25) is 11.8 Å². The van der Waals surface area contributed by atoms with Crippen molar-refractivity contribution in [2.45, 2.75) is 88.5 Å². The van der Waals surface area contributed by atoms with Gasteiger partial charge in [-0.3, -0.25) is 19.4 Å². The number of hydrogen-bond donors (Lipinski definition) is 2. The Bertz CT molecular complexity index is 862. The van der Waals surface area contributed by atoms with Crippen molar-refractivity contribution in [2.75, 3.05) is 11.1 Å². The third kappa shape index (κ3) is 9.81.